The lowest BCUT2D eigenvalue weighted by molar-refractivity contribution is 0.109. The molecule has 98 valence electrons. The predicted octanol–water partition coefficient (Wildman–Crippen LogP) is 2.83. The van der Waals surface area contributed by atoms with Crippen molar-refractivity contribution in [2.24, 2.45) is 0 Å². The van der Waals surface area contributed by atoms with Gasteiger partial charge in [-0.15, -0.1) is 5.10 Å². The number of nitrogens with zero attached hydrogens (tertiary/aromatic N) is 3. The second-order valence-corrected chi connectivity index (χ2v) is 5.28. The summed E-state index contributed by atoms with van der Waals surface area (Å²) in [7, 11) is 1.72. The molecule has 0 aliphatic heterocycles. The summed E-state index contributed by atoms with van der Waals surface area (Å²) in [4.78, 5) is 2.37. The van der Waals surface area contributed by atoms with Crippen LogP contribution in [0.3, 0.4) is 0 Å². The van der Waals surface area contributed by atoms with Crippen LogP contribution in [-0.2, 0) is 11.3 Å². The maximum absolute atomic E-state index is 6.04. The second kappa shape index (κ2) is 7.97. The van der Waals surface area contributed by atoms with E-state index < -0.39 is 0 Å². The first-order chi connectivity index (χ1) is 8.22. The summed E-state index contributed by atoms with van der Waals surface area (Å²) in [5.74, 6) is 0. The molecule has 0 radical (unpaired) electrons. The molecule has 1 aromatic heterocycles. The van der Waals surface area contributed by atoms with Gasteiger partial charge < -0.3 is 4.74 Å². The Morgan fingerprint density at radius 1 is 1.41 bits per heavy atom. The Balaban J connectivity index is 2.65. The van der Waals surface area contributed by atoms with Crippen LogP contribution >= 0.6 is 23.1 Å². The molecule has 0 unspecified atom stereocenters. The Morgan fingerprint density at radius 2 is 2.12 bits per heavy atom. The molecule has 6 heteroatoms. The molecule has 1 aromatic rings. The van der Waals surface area contributed by atoms with Gasteiger partial charge in [-0.1, -0.05) is 29.9 Å². The summed E-state index contributed by atoms with van der Waals surface area (Å²) in [6.45, 7) is 6.79. The van der Waals surface area contributed by atoms with E-state index in [0.29, 0.717) is 10.4 Å². The van der Waals surface area contributed by atoms with E-state index in [1.165, 1.54) is 11.5 Å². The van der Waals surface area contributed by atoms with Crippen LogP contribution in [0, 0.1) is 0 Å². The van der Waals surface area contributed by atoms with Crippen molar-refractivity contribution in [3.63, 3.8) is 0 Å². The van der Waals surface area contributed by atoms with Crippen molar-refractivity contribution in [3.05, 3.63) is 10.0 Å². The molecule has 0 saturated heterocycles. The summed E-state index contributed by atoms with van der Waals surface area (Å²) in [6.07, 6.45) is 2.24. The number of aromatic nitrogens is 2. The van der Waals surface area contributed by atoms with E-state index in [1.807, 2.05) is 0 Å². The van der Waals surface area contributed by atoms with E-state index in [2.05, 4.69) is 28.3 Å². The first-order valence-electron chi connectivity index (χ1n) is 5.92. The molecule has 0 aromatic carbocycles. The van der Waals surface area contributed by atoms with E-state index >= 15 is 0 Å². The average molecular weight is 278 g/mol. The molecule has 0 aliphatic carbocycles. The van der Waals surface area contributed by atoms with Crippen LogP contribution in [0.4, 0.5) is 0 Å². The van der Waals surface area contributed by atoms with E-state index in [1.54, 1.807) is 7.11 Å². The van der Waals surface area contributed by atoms with Gasteiger partial charge in [0, 0.05) is 37.8 Å². The third-order valence-corrected chi connectivity index (χ3v) is 3.89. The molecule has 17 heavy (non-hydrogen) atoms. The zero-order valence-corrected chi connectivity index (χ0v) is 12.2. The molecule has 0 amide bonds. The molecule has 0 N–H and O–H groups in total. The summed E-state index contributed by atoms with van der Waals surface area (Å²) in [5, 5.41) is 4.07. The Morgan fingerprint density at radius 3 is 2.59 bits per heavy atom. The maximum atomic E-state index is 6.04. The van der Waals surface area contributed by atoms with Crippen molar-refractivity contribution in [2.45, 2.75) is 39.3 Å². The van der Waals surface area contributed by atoms with Gasteiger partial charge >= 0.3 is 0 Å². The number of hydrogen-bond donors (Lipinski definition) is 0. The van der Waals surface area contributed by atoms with Crippen LogP contribution in [0.2, 0.25) is 4.34 Å². The minimum Gasteiger partial charge on any atom is -0.383 e. The van der Waals surface area contributed by atoms with Gasteiger partial charge in [-0.3, -0.25) is 4.90 Å². The number of methoxy groups -OCH3 is 1. The summed E-state index contributed by atoms with van der Waals surface area (Å²) < 4.78 is 9.71. The molecule has 1 rings (SSSR count). The molecule has 0 spiro atoms. The molecular weight excluding hydrogens is 258 g/mol. The Bertz CT molecular complexity index is 317. The van der Waals surface area contributed by atoms with Gasteiger partial charge in [0.15, 0.2) is 0 Å². The van der Waals surface area contributed by atoms with E-state index in [-0.39, 0.29) is 0 Å². The molecule has 0 fully saturated rings. The normalized spacial score (nSPS) is 11.6. The van der Waals surface area contributed by atoms with Gasteiger partial charge in [0.2, 0.25) is 0 Å². The number of halogens is 1. The third kappa shape index (κ3) is 4.50. The van der Waals surface area contributed by atoms with Crippen LogP contribution in [0.5, 0.6) is 0 Å². The van der Waals surface area contributed by atoms with E-state index in [9.17, 15) is 0 Å². The first kappa shape index (κ1) is 14.8. The Labute approximate surface area is 112 Å². The van der Waals surface area contributed by atoms with Crippen molar-refractivity contribution < 1.29 is 4.74 Å². The van der Waals surface area contributed by atoms with Gasteiger partial charge in [0.25, 0.3) is 0 Å². The molecule has 4 nitrogen and oxygen atoms in total. The van der Waals surface area contributed by atoms with Crippen LogP contribution in [0.1, 0.15) is 32.4 Å². The standard InChI is InChI=1S/C11H20ClN3OS/c1-4-9(5-2)15(6-7-16-3)8-10-11(12)17-14-13-10/h9H,4-8H2,1-3H3. The van der Waals surface area contributed by atoms with Crippen molar-refractivity contribution in [1.29, 1.82) is 0 Å². The molecular formula is C11H20ClN3OS. The SMILES string of the molecule is CCC(CC)N(CCOC)Cc1nnsc1Cl. The summed E-state index contributed by atoms with van der Waals surface area (Å²) in [6, 6.07) is 0.544. The third-order valence-electron chi connectivity index (χ3n) is 2.90. The fourth-order valence-electron chi connectivity index (χ4n) is 1.89. The van der Waals surface area contributed by atoms with Crippen molar-refractivity contribution in [3.8, 4) is 0 Å². The average Bonchev–Trinajstić information content (AvgIpc) is 2.73. The molecule has 0 saturated carbocycles. The zero-order chi connectivity index (χ0) is 12.7. The lowest BCUT2D eigenvalue weighted by Gasteiger charge is -2.29. The highest BCUT2D eigenvalue weighted by Gasteiger charge is 2.18. The Hall–Kier alpha value is -0.230. The lowest BCUT2D eigenvalue weighted by Crippen LogP contribution is -2.36. The monoisotopic (exact) mass is 277 g/mol. The van der Waals surface area contributed by atoms with Crippen LogP contribution in [-0.4, -0.2) is 40.8 Å². The van der Waals surface area contributed by atoms with Crippen molar-refractivity contribution in [1.82, 2.24) is 14.5 Å². The highest BCUT2D eigenvalue weighted by molar-refractivity contribution is 7.10. The quantitative estimate of drug-likeness (QED) is 0.732. The van der Waals surface area contributed by atoms with Crippen molar-refractivity contribution >= 4 is 23.1 Å². The van der Waals surface area contributed by atoms with Gasteiger partial charge in [0.05, 0.1) is 6.61 Å². The highest BCUT2D eigenvalue weighted by Crippen LogP contribution is 2.21. The van der Waals surface area contributed by atoms with Gasteiger partial charge in [-0.05, 0) is 12.8 Å². The second-order valence-electron chi connectivity index (χ2n) is 3.93. The van der Waals surface area contributed by atoms with Gasteiger partial charge in [0.1, 0.15) is 10.0 Å². The van der Waals surface area contributed by atoms with E-state index in [0.717, 1.165) is 38.2 Å². The molecule has 0 atom stereocenters. The van der Waals surface area contributed by atoms with Crippen LogP contribution < -0.4 is 0 Å². The minimum absolute atomic E-state index is 0.544. The molecule has 0 bridgehead atoms. The minimum atomic E-state index is 0.544. The van der Waals surface area contributed by atoms with E-state index in [4.69, 9.17) is 16.3 Å². The number of rotatable bonds is 8. The maximum Gasteiger partial charge on any atom is 0.138 e. The predicted molar refractivity (Wildman–Crippen MR) is 71.6 cm³/mol. The number of hydrogen-bond acceptors (Lipinski definition) is 5. The highest BCUT2D eigenvalue weighted by atomic mass is 35.5. The first-order valence-corrected chi connectivity index (χ1v) is 7.07. The Kier molecular flexibility index (Phi) is 6.96. The largest absolute Gasteiger partial charge is 0.383 e. The topological polar surface area (TPSA) is 38.2 Å². The summed E-state index contributed by atoms with van der Waals surface area (Å²) in [5.41, 5.74) is 0.875. The fourth-order valence-corrected chi connectivity index (χ4v) is 2.50. The molecule has 0 aliphatic rings. The van der Waals surface area contributed by atoms with Gasteiger partial charge in [-0.2, -0.15) is 0 Å². The zero-order valence-electron chi connectivity index (χ0n) is 10.6. The van der Waals surface area contributed by atoms with Gasteiger partial charge in [-0.25, -0.2) is 0 Å². The molecule has 1 heterocycles. The smallest absolute Gasteiger partial charge is 0.138 e. The number of ether oxygens (including phenoxy) is 1. The van der Waals surface area contributed by atoms with Crippen molar-refractivity contribution in [2.75, 3.05) is 20.3 Å². The fraction of sp³-hybridized carbons (Fsp3) is 0.818. The lowest BCUT2D eigenvalue weighted by atomic mass is 10.1. The summed E-state index contributed by atoms with van der Waals surface area (Å²) >= 11 is 7.29. The van der Waals surface area contributed by atoms with Crippen LogP contribution in [0.15, 0.2) is 0 Å². The van der Waals surface area contributed by atoms with Crippen LogP contribution in [0.25, 0.3) is 0 Å².